The quantitative estimate of drug-likeness (QED) is 0.887. The van der Waals surface area contributed by atoms with Gasteiger partial charge in [-0.25, -0.2) is 0 Å². The summed E-state index contributed by atoms with van der Waals surface area (Å²) in [6.45, 7) is 1.18. The average Bonchev–Trinajstić information content (AvgIpc) is 3.10. The Kier molecular flexibility index (Phi) is 4.98. The lowest BCUT2D eigenvalue weighted by Crippen LogP contribution is -2.45. The Labute approximate surface area is 142 Å². The van der Waals surface area contributed by atoms with Gasteiger partial charge >= 0.3 is 0 Å². The summed E-state index contributed by atoms with van der Waals surface area (Å²) >= 11 is 0. The first-order valence-electron chi connectivity index (χ1n) is 8.09. The number of aromatic amines is 1. The maximum Gasteiger partial charge on any atom is 0.281 e. The summed E-state index contributed by atoms with van der Waals surface area (Å²) in [5.74, 6) is 0.327. The molecule has 130 valence electrons. The first-order valence-corrected chi connectivity index (χ1v) is 9.49. The topological polar surface area (TPSA) is 82.2 Å². The zero-order chi connectivity index (χ0) is 17.2. The largest absolute Gasteiger partial charge is 0.281 e. The number of piperidine rings is 1. The molecule has 0 saturated carbocycles. The summed E-state index contributed by atoms with van der Waals surface area (Å²) in [4.78, 5) is 4.47. The molecule has 0 amide bonds. The highest BCUT2D eigenvalue weighted by Crippen LogP contribution is 2.24. The fourth-order valence-corrected chi connectivity index (χ4v) is 4.29. The van der Waals surface area contributed by atoms with Crippen LogP contribution < -0.4 is 0 Å². The minimum Gasteiger partial charge on any atom is -0.276 e. The molecular weight excluding hydrogens is 326 g/mol. The van der Waals surface area contributed by atoms with E-state index in [0.29, 0.717) is 19.0 Å². The summed E-state index contributed by atoms with van der Waals surface area (Å²) in [6, 6.07) is 5.91. The van der Waals surface area contributed by atoms with Crippen molar-refractivity contribution in [3.05, 3.63) is 36.2 Å². The Balaban J connectivity index is 1.65. The Morgan fingerprint density at radius 1 is 1.33 bits per heavy atom. The monoisotopic (exact) mass is 349 g/mol. The number of H-pyrrole nitrogens is 1. The number of nitrogens with zero attached hydrogens (tertiary/aromatic N) is 4. The SMILES string of the molecule is CN(C)S(=O)(=O)N1CCC[C@H](Cc2ccc(-c3ccn[nH]3)nc2)C1. The lowest BCUT2D eigenvalue weighted by molar-refractivity contribution is 0.254. The Hall–Kier alpha value is -1.77. The number of rotatable bonds is 5. The van der Waals surface area contributed by atoms with Crippen LogP contribution in [-0.2, 0) is 16.6 Å². The van der Waals surface area contributed by atoms with Crippen LogP contribution in [0.15, 0.2) is 30.6 Å². The van der Waals surface area contributed by atoms with Gasteiger partial charge in [0, 0.05) is 39.6 Å². The van der Waals surface area contributed by atoms with Crippen LogP contribution in [0.25, 0.3) is 11.4 Å². The van der Waals surface area contributed by atoms with Gasteiger partial charge in [0.2, 0.25) is 0 Å². The van der Waals surface area contributed by atoms with Crippen molar-refractivity contribution in [3.8, 4) is 11.4 Å². The van der Waals surface area contributed by atoms with E-state index in [1.54, 1.807) is 24.6 Å². The van der Waals surface area contributed by atoms with Gasteiger partial charge < -0.3 is 0 Å². The normalized spacial score (nSPS) is 19.7. The molecule has 2 aromatic rings. The number of aromatic nitrogens is 3. The van der Waals surface area contributed by atoms with Gasteiger partial charge in [-0.05, 0) is 42.9 Å². The third-order valence-electron chi connectivity index (χ3n) is 4.40. The molecule has 0 aromatic carbocycles. The second kappa shape index (κ2) is 7.00. The third kappa shape index (κ3) is 3.66. The van der Waals surface area contributed by atoms with Crippen LogP contribution in [-0.4, -0.2) is 59.4 Å². The summed E-state index contributed by atoms with van der Waals surface area (Å²) < 4.78 is 27.5. The van der Waals surface area contributed by atoms with Gasteiger partial charge in [-0.2, -0.15) is 22.1 Å². The summed E-state index contributed by atoms with van der Waals surface area (Å²) in [5, 5.41) is 6.83. The molecule has 3 rings (SSSR count). The lowest BCUT2D eigenvalue weighted by Gasteiger charge is -2.33. The molecule has 0 aliphatic carbocycles. The van der Waals surface area contributed by atoms with E-state index in [-0.39, 0.29) is 0 Å². The first-order chi connectivity index (χ1) is 11.5. The Morgan fingerprint density at radius 3 is 2.79 bits per heavy atom. The van der Waals surface area contributed by atoms with Crippen molar-refractivity contribution in [2.45, 2.75) is 19.3 Å². The minimum absolute atomic E-state index is 0.327. The second-order valence-corrected chi connectivity index (χ2v) is 8.52. The van der Waals surface area contributed by atoms with Gasteiger partial charge in [0.25, 0.3) is 10.2 Å². The minimum atomic E-state index is -3.32. The van der Waals surface area contributed by atoms with Gasteiger partial charge in [0.05, 0.1) is 11.4 Å². The highest BCUT2D eigenvalue weighted by atomic mass is 32.2. The smallest absolute Gasteiger partial charge is 0.276 e. The molecule has 0 unspecified atom stereocenters. The molecule has 3 heterocycles. The highest BCUT2D eigenvalue weighted by molar-refractivity contribution is 7.86. The van der Waals surface area contributed by atoms with Gasteiger partial charge in [-0.1, -0.05) is 6.07 Å². The predicted molar refractivity (Wildman–Crippen MR) is 92.4 cm³/mol. The van der Waals surface area contributed by atoms with E-state index in [2.05, 4.69) is 21.2 Å². The van der Waals surface area contributed by atoms with Crippen LogP contribution >= 0.6 is 0 Å². The van der Waals surface area contributed by atoms with Crippen LogP contribution in [0.3, 0.4) is 0 Å². The van der Waals surface area contributed by atoms with Crippen molar-refractivity contribution in [2.24, 2.45) is 5.92 Å². The zero-order valence-corrected chi connectivity index (χ0v) is 14.8. The van der Waals surface area contributed by atoms with Gasteiger partial charge in [0.1, 0.15) is 0 Å². The molecule has 1 atom stereocenters. The van der Waals surface area contributed by atoms with E-state index in [1.807, 2.05) is 18.3 Å². The molecule has 0 bridgehead atoms. The molecule has 0 spiro atoms. The van der Waals surface area contributed by atoms with Crippen molar-refractivity contribution in [1.29, 1.82) is 0 Å². The average molecular weight is 349 g/mol. The van der Waals surface area contributed by atoms with Crippen molar-refractivity contribution in [2.75, 3.05) is 27.2 Å². The molecule has 1 saturated heterocycles. The van der Waals surface area contributed by atoms with Crippen molar-refractivity contribution >= 4 is 10.2 Å². The summed E-state index contributed by atoms with van der Waals surface area (Å²) in [5.41, 5.74) is 2.88. The number of nitrogens with one attached hydrogen (secondary N) is 1. The highest BCUT2D eigenvalue weighted by Gasteiger charge is 2.30. The van der Waals surface area contributed by atoms with Crippen LogP contribution in [0.5, 0.6) is 0 Å². The number of hydrogen-bond acceptors (Lipinski definition) is 4. The van der Waals surface area contributed by atoms with E-state index in [0.717, 1.165) is 36.2 Å². The van der Waals surface area contributed by atoms with Crippen molar-refractivity contribution in [1.82, 2.24) is 23.8 Å². The fourth-order valence-electron chi connectivity index (χ4n) is 3.07. The summed E-state index contributed by atoms with van der Waals surface area (Å²) in [7, 11) is -0.161. The standard InChI is InChI=1S/C16H23N5O2S/c1-20(2)24(22,23)21-9-3-4-14(12-21)10-13-5-6-15(17-11-13)16-7-8-18-19-16/h5-8,11,14H,3-4,9-10,12H2,1-2H3,(H,18,19)/t14-/m1/s1. The first kappa shape index (κ1) is 17.1. The van der Waals surface area contributed by atoms with Crippen LogP contribution in [0.2, 0.25) is 0 Å². The van der Waals surface area contributed by atoms with Gasteiger partial charge in [0.15, 0.2) is 0 Å². The van der Waals surface area contributed by atoms with Crippen molar-refractivity contribution < 1.29 is 8.42 Å². The van der Waals surface area contributed by atoms with Crippen LogP contribution in [0, 0.1) is 5.92 Å². The van der Waals surface area contributed by atoms with Gasteiger partial charge in [-0.15, -0.1) is 0 Å². The Morgan fingerprint density at radius 2 is 2.17 bits per heavy atom. The molecule has 8 heteroatoms. The van der Waals surface area contributed by atoms with Gasteiger partial charge in [-0.3, -0.25) is 10.1 Å². The molecule has 24 heavy (non-hydrogen) atoms. The van der Waals surface area contributed by atoms with Crippen molar-refractivity contribution in [3.63, 3.8) is 0 Å². The molecule has 0 radical (unpaired) electrons. The second-order valence-electron chi connectivity index (χ2n) is 6.38. The van der Waals surface area contributed by atoms with Crippen LogP contribution in [0.1, 0.15) is 18.4 Å². The molecule has 2 aromatic heterocycles. The molecule has 7 nitrogen and oxygen atoms in total. The lowest BCUT2D eigenvalue weighted by atomic mass is 9.93. The maximum atomic E-state index is 12.3. The predicted octanol–water partition coefficient (Wildman–Crippen LogP) is 1.53. The molecule has 1 aliphatic heterocycles. The van der Waals surface area contributed by atoms with E-state index in [1.165, 1.54) is 4.31 Å². The fraction of sp³-hybridized carbons (Fsp3) is 0.500. The van der Waals surface area contributed by atoms with E-state index >= 15 is 0 Å². The van der Waals surface area contributed by atoms with E-state index in [4.69, 9.17) is 0 Å². The number of hydrogen-bond donors (Lipinski definition) is 1. The molecule has 1 fully saturated rings. The zero-order valence-electron chi connectivity index (χ0n) is 14.0. The third-order valence-corrected chi connectivity index (χ3v) is 6.30. The number of pyridine rings is 1. The van der Waals surface area contributed by atoms with Crippen LogP contribution in [0.4, 0.5) is 0 Å². The van der Waals surface area contributed by atoms with E-state index < -0.39 is 10.2 Å². The summed E-state index contributed by atoms with van der Waals surface area (Å²) in [6.07, 6.45) is 6.36. The maximum absolute atomic E-state index is 12.3. The molecular formula is C16H23N5O2S. The molecule has 1 aliphatic rings. The van der Waals surface area contributed by atoms with E-state index in [9.17, 15) is 8.42 Å². The molecule has 1 N–H and O–H groups in total. The Bertz CT molecular complexity index is 756.